The molecule has 1 aromatic carbocycles. The molecule has 0 atom stereocenters. The van der Waals surface area contributed by atoms with Crippen molar-refractivity contribution in [3.8, 4) is 17.4 Å². The summed E-state index contributed by atoms with van der Waals surface area (Å²) in [5.41, 5.74) is 7.47. The maximum absolute atomic E-state index is 13.6. The molecule has 0 aliphatic heterocycles. The molecule has 8 nitrogen and oxygen atoms in total. The van der Waals surface area contributed by atoms with Gasteiger partial charge in [-0.1, -0.05) is 0 Å². The molecular formula is C13H11ClFN5O3. The Hall–Kier alpha value is -2.94. The Morgan fingerprint density at radius 2 is 2.26 bits per heavy atom. The topological polar surface area (TPSA) is 112 Å². The van der Waals surface area contributed by atoms with Gasteiger partial charge in [0.15, 0.2) is 11.5 Å². The third-order valence-corrected chi connectivity index (χ3v) is 2.65. The van der Waals surface area contributed by atoms with Crippen molar-refractivity contribution < 1.29 is 18.7 Å². The first-order valence-electron chi connectivity index (χ1n) is 6.12. The Balaban J connectivity index is 2.30. The van der Waals surface area contributed by atoms with E-state index in [4.69, 9.17) is 26.8 Å². The van der Waals surface area contributed by atoms with Gasteiger partial charge in [0.05, 0.1) is 19.5 Å². The fourth-order valence-electron chi connectivity index (χ4n) is 1.53. The summed E-state index contributed by atoms with van der Waals surface area (Å²) in [5, 5.41) is 3.45. The summed E-state index contributed by atoms with van der Waals surface area (Å²) >= 11 is 5.61. The smallest absolute Gasteiger partial charge is 0.332 e. The number of aromatic nitrogens is 2. The molecule has 0 aliphatic carbocycles. The summed E-state index contributed by atoms with van der Waals surface area (Å²) in [7, 11) is 1.42. The highest BCUT2D eigenvalue weighted by Crippen LogP contribution is 2.32. The van der Waals surface area contributed by atoms with E-state index >= 15 is 0 Å². The fourth-order valence-corrected chi connectivity index (χ4v) is 1.66. The molecule has 0 bridgehead atoms. The Bertz CT molecular complexity index is 756. The van der Waals surface area contributed by atoms with Gasteiger partial charge in [-0.15, -0.1) is 0 Å². The molecule has 1 heterocycles. The molecule has 0 fully saturated rings. The number of carbonyl (C=O) groups is 1. The quantitative estimate of drug-likeness (QED) is 0.492. The number of hydrazone groups is 1. The highest BCUT2D eigenvalue weighted by atomic mass is 35.5. The van der Waals surface area contributed by atoms with Gasteiger partial charge in [-0.2, -0.15) is 14.5 Å². The number of carbonyl (C=O) groups excluding carboxylic acids is 1. The van der Waals surface area contributed by atoms with Crippen LogP contribution in [0, 0.1) is 5.82 Å². The van der Waals surface area contributed by atoms with Crippen LogP contribution in [0.25, 0.3) is 0 Å². The number of nitrogens with one attached hydrogen (secondary N) is 1. The highest BCUT2D eigenvalue weighted by Gasteiger charge is 2.12. The standard InChI is InChI=1S/C13H11ClFN5O3/c1-22-9-3-2-7(5-18-20-13(16)21)4-10(9)23-11-8(15)6-17-12(14)19-11/h2-6H,1H3,(H3,16,20,21). The normalized spacial score (nSPS) is 10.6. The number of primary amides is 1. The van der Waals surface area contributed by atoms with E-state index < -0.39 is 11.8 Å². The molecular weight excluding hydrogens is 329 g/mol. The molecule has 0 spiro atoms. The van der Waals surface area contributed by atoms with Crippen molar-refractivity contribution in [2.45, 2.75) is 0 Å². The molecule has 2 rings (SSSR count). The minimum Gasteiger partial charge on any atom is -0.493 e. The number of rotatable bonds is 5. The van der Waals surface area contributed by atoms with Gasteiger partial charge in [-0.05, 0) is 35.4 Å². The summed E-state index contributed by atoms with van der Waals surface area (Å²) in [4.78, 5) is 17.7. The molecule has 1 aromatic heterocycles. The van der Waals surface area contributed by atoms with E-state index in [0.29, 0.717) is 11.3 Å². The lowest BCUT2D eigenvalue weighted by Crippen LogP contribution is -2.24. The molecule has 120 valence electrons. The van der Waals surface area contributed by atoms with Crippen molar-refractivity contribution in [1.29, 1.82) is 0 Å². The van der Waals surface area contributed by atoms with Crippen molar-refractivity contribution in [3.05, 3.63) is 41.1 Å². The molecule has 0 saturated heterocycles. The first kappa shape index (κ1) is 16.4. The molecule has 3 N–H and O–H groups in total. The summed E-state index contributed by atoms with van der Waals surface area (Å²) < 4.78 is 24.1. The molecule has 0 aliphatic rings. The second-order valence-electron chi connectivity index (χ2n) is 4.04. The number of ether oxygens (including phenoxy) is 2. The Labute approximate surface area is 135 Å². The van der Waals surface area contributed by atoms with E-state index in [-0.39, 0.29) is 16.9 Å². The second kappa shape index (κ2) is 7.36. The van der Waals surface area contributed by atoms with Crippen LogP contribution >= 0.6 is 11.6 Å². The van der Waals surface area contributed by atoms with Crippen LogP contribution in [-0.4, -0.2) is 29.3 Å². The lowest BCUT2D eigenvalue weighted by molar-refractivity contribution is 0.249. The van der Waals surface area contributed by atoms with Crippen LogP contribution in [0.2, 0.25) is 5.28 Å². The first-order chi connectivity index (χ1) is 11.0. The number of hydrogen-bond donors (Lipinski definition) is 2. The van der Waals surface area contributed by atoms with Crippen LogP contribution in [0.1, 0.15) is 5.56 Å². The van der Waals surface area contributed by atoms with Crippen LogP contribution in [0.15, 0.2) is 29.5 Å². The van der Waals surface area contributed by atoms with Gasteiger partial charge in [0.2, 0.25) is 11.1 Å². The van der Waals surface area contributed by atoms with Gasteiger partial charge in [0.1, 0.15) is 0 Å². The number of nitrogens with zero attached hydrogens (tertiary/aromatic N) is 3. The Morgan fingerprint density at radius 1 is 1.48 bits per heavy atom. The highest BCUT2D eigenvalue weighted by molar-refractivity contribution is 6.28. The summed E-state index contributed by atoms with van der Waals surface area (Å²) in [6, 6.07) is 3.91. The zero-order valence-electron chi connectivity index (χ0n) is 11.8. The van der Waals surface area contributed by atoms with Gasteiger partial charge in [0, 0.05) is 0 Å². The molecule has 0 unspecified atom stereocenters. The van der Waals surface area contributed by atoms with E-state index in [9.17, 15) is 9.18 Å². The van der Waals surface area contributed by atoms with Crippen LogP contribution in [0.4, 0.5) is 9.18 Å². The zero-order valence-corrected chi connectivity index (χ0v) is 12.5. The van der Waals surface area contributed by atoms with Crippen LogP contribution in [0.5, 0.6) is 17.4 Å². The SMILES string of the molecule is COc1ccc(C=NNC(N)=O)cc1Oc1nc(Cl)ncc1F. The van der Waals surface area contributed by atoms with Gasteiger partial charge >= 0.3 is 6.03 Å². The molecule has 2 amide bonds. The van der Waals surface area contributed by atoms with Crippen LogP contribution in [-0.2, 0) is 0 Å². The average Bonchev–Trinajstić information content (AvgIpc) is 2.51. The van der Waals surface area contributed by atoms with E-state index in [1.54, 1.807) is 12.1 Å². The fraction of sp³-hybridized carbons (Fsp3) is 0.0769. The number of methoxy groups -OCH3 is 1. The van der Waals surface area contributed by atoms with Gasteiger partial charge in [-0.3, -0.25) is 0 Å². The first-order valence-corrected chi connectivity index (χ1v) is 6.50. The number of urea groups is 1. The molecule has 0 saturated carbocycles. The molecule has 10 heteroatoms. The van der Waals surface area contributed by atoms with Crippen molar-refractivity contribution in [2.24, 2.45) is 10.8 Å². The van der Waals surface area contributed by atoms with E-state index in [2.05, 4.69) is 15.1 Å². The monoisotopic (exact) mass is 339 g/mol. The molecule has 23 heavy (non-hydrogen) atoms. The predicted octanol–water partition coefficient (Wildman–Crippen LogP) is 2.07. The lowest BCUT2D eigenvalue weighted by Gasteiger charge is -2.10. The van der Waals surface area contributed by atoms with E-state index in [0.717, 1.165) is 6.20 Å². The third kappa shape index (κ3) is 4.51. The number of nitrogens with two attached hydrogens (primary N) is 1. The van der Waals surface area contributed by atoms with Crippen LogP contribution in [0.3, 0.4) is 0 Å². The maximum atomic E-state index is 13.6. The minimum atomic E-state index is -0.802. The van der Waals surface area contributed by atoms with Gasteiger partial charge in [0.25, 0.3) is 5.88 Å². The van der Waals surface area contributed by atoms with Gasteiger partial charge < -0.3 is 15.2 Å². The van der Waals surface area contributed by atoms with Crippen molar-refractivity contribution in [2.75, 3.05) is 7.11 Å². The third-order valence-electron chi connectivity index (χ3n) is 2.47. The summed E-state index contributed by atoms with van der Waals surface area (Å²) in [6.45, 7) is 0. The molecule has 2 aromatic rings. The van der Waals surface area contributed by atoms with E-state index in [1.165, 1.54) is 19.4 Å². The maximum Gasteiger partial charge on any atom is 0.332 e. The Morgan fingerprint density at radius 3 is 2.96 bits per heavy atom. The number of benzene rings is 1. The zero-order chi connectivity index (χ0) is 16.8. The lowest BCUT2D eigenvalue weighted by atomic mass is 10.2. The van der Waals surface area contributed by atoms with E-state index in [1.807, 2.05) is 5.43 Å². The number of halogens is 2. The largest absolute Gasteiger partial charge is 0.493 e. The summed E-state index contributed by atoms with van der Waals surface area (Å²) in [5.74, 6) is -0.637. The van der Waals surface area contributed by atoms with Crippen molar-refractivity contribution in [1.82, 2.24) is 15.4 Å². The number of hydrogen-bond acceptors (Lipinski definition) is 6. The number of amides is 2. The second-order valence-corrected chi connectivity index (χ2v) is 4.38. The van der Waals surface area contributed by atoms with Crippen LogP contribution < -0.4 is 20.6 Å². The van der Waals surface area contributed by atoms with Gasteiger partial charge in [-0.25, -0.2) is 15.2 Å². The Kier molecular flexibility index (Phi) is 5.26. The average molecular weight is 340 g/mol. The summed E-state index contributed by atoms with van der Waals surface area (Å²) in [6.07, 6.45) is 2.21. The predicted molar refractivity (Wildman–Crippen MR) is 80.4 cm³/mol. The van der Waals surface area contributed by atoms with Crippen molar-refractivity contribution in [3.63, 3.8) is 0 Å². The van der Waals surface area contributed by atoms with Crippen molar-refractivity contribution >= 4 is 23.8 Å². The minimum absolute atomic E-state index is 0.163. The molecule has 0 radical (unpaired) electrons.